The van der Waals surface area contributed by atoms with E-state index in [1.807, 2.05) is 0 Å². The SMILES string of the molecule is CC1(C)c2ccccc2-c2ccc(-c3ccc4c(-c5ccc6c(c5)C5(Cc7ccccc7C5)c5ccccc5-6)c5ccccc5c(-c5cccc6c5-c5ccccc5C6(C)C)c4c3)cc21. The smallest absolute Gasteiger partial charge is 0.0296 e. The molecule has 0 nitrogen and oxygen atoms in total. The van der Waals surface area contributed by atoms with E-state index < -0.39 is 0 Å². The van der Waals surface area contributed by atoms with E-state index in [0.717, 1.165) is 12.8 Å². The summed E-state index contributed by atoms with van der Waals surface area (Å²) >= 11 is 0. The Balaban J connectivity index is 1.05. The van der Waals surface area contributed by atoms with Crippen LogP contribution in [0.4, 0.5) is 0 Å². The fourth-order valence-corrected chi connectivity index (χ4v) is 13.4. The van der Waals surface area contributed by atoms with Gasteiger partial charge in [-0.1, -0.05) is 204 Å². The van der Waals surface area contributed by atoms with E-state index in [1.54, 1.807) is 0 Å². The molecule has 0 heteroatoms. The van der Waals surface area contributed by atoms with Gasteiger partial charge in [-0.25, -0.2) is 0 Å². The summed E-state index contributed by atoms with van der Waals surface area (Å²) in [6.45, 7) is 9.57. The predicted molar refractivity (Wildman–Crippen MR) is 273 cm³/mol. The second-order valence-electron chi connectivity index (χ2n) is 20.4. The van der Waals surface area contributed by atoms with E-state index >= 15 is 0 Å². The minimum Gasteiger partial charge on any atom is -0.0620 e. The molecule has 14 rings (SSSR count). The van der Waals surface area contributed by atoms with E-state index in [9.17, 15) is 0 Å². The molecule has 0 aromatic heterocycles. The molecule has 0 radical (unpaired) electrons. The van der Waals surface area contributed by atoms with Crippen LogP contribution in [0.3, 0.4) is 0 Å². The highest BCUT2D eigenvalue weighted by Crippen LogP contribution is 2.58. The van der Waals surface area contributed by atoms with Gasteiger partial charge in [0.1, 0.15) is 0 Å². The summed E-state index contributed by atoms with van der Waals surface area (Å²) < 4.78 is 0. The molecule has 4 aliphatic rings. The second-order valence-corrected chi connectivity index (χ2v) is 20.4. The van der Waals surface area contributed by atoms with E-state index in [0.29, 0.717) is 0 Å². The Hall–Kier alpha value is -7.28. The van der Waals surface area contributed by atoms with Gasteiger partial charge in [-0.05, 0) is 164 Å². The molecule has 0 unspecified atom stereocenters. The summed E-state index contributed by atoms with van der Waals surface area (Å²) in [6.07, 6.45) is 2.06. The predicted octanol–water partition coefficient (Wildman–Crippen LogP) is 16.7. The van der Waals surface area contributed by atoms with Crippen molar-refractivity contribution in [2.75, 3.05) is 0 Å². The van der Waals surface area contributed by atoms with Crippen molar-refractivity contribution in [3.05, 3.63) is 239 Å². The summed E-state index contributed by atoms with van der Waals surface area (Å²) in [5.41, 5.74) is 27.2. The van der Waals surface area contributed by atoms with Crippen molar-refractivity contribution in [3.63, 3.8) is 0 Å². The first kappa shape index (κ1) is 37.1. The molecule has 10 aromatic rings. The Kier molecular flexibility index (Phi) is 7.38. The zero-order valence-corrected chi connectivity index (χ0v) is 37.4. The maximum atomic E-state index is 2.59. The first-order valence-electron chi connectivity index (χ1n) is 23.5. The van der Waals surface area contributed by atoms with Crippen LogP contribution in [-0.4, -0.2) is 0 Å². The van der Waals surface area contributed by atoms with Gasteiger partial charge in [0.05, 0.1) is 0 Å². The lowest BCUT2D eigenvalue weighted by atomic mass is 9.74. The van der Waals surface area contributed by atoms with Crippen molar-refractivity contribution in [2.24, 2.45) is 0 Å². The molecule has 10 aromatic carbocycles. The van der Waals surface area contributed by atoms with Crippen LogP contribution in [0.1, 0.15) is 72.2 Å². The molecule has 0 bridgehead atoms. The maximum Gasteiger partial charge on any atom is 0.0296 e. The van der Waals surface area contributed by atoms with Crippen LogP contribution in [0.2, 0.25) is 0 Å². The van der Waals surface area contributed by atoms with Gasteiger partial charge in [0, 0.05) is 16.2 Å². The van der Waals surface area contributed by atoms with Crippen molar-refractivity contribution < 1.29 is 0 Å². The Morgan fingerprint density at radius 1 is 0.277 bits per heavy atom. The van der Waals surface area contributed by atoms with Gasteiger partial charge in [0.2, 0.25) is 0 Å². The van der Waals surface area contributed by atoms with Crippen LogP contribution in [-0.2, 0) is 29.1 Å². The Morgan fingerprint density at radius 3 is 1.48 bits per heavy atom. The number of fused-ring (bicyclic) bond motifs is 14. The molecular weight excluding hydrogens is 781 g/mol. The van der Waals surface area contributed by atoms with Gasteiger partial charge >= 0.3 is 0 Å². The molecule has 308 valence electrons. The maximum absolute atomic E-state index is 2.59. The third-order valence-corrected chi connectivity index (χ3v) is 16.5. The van der Waals surface area contributed by atoms with Gasteiger partial charge in [-0.15, -0.1) is 0 Å². The van der Waals surface area contributed by atoms with Crippen LogP contribution in [0, 0.1) is 0 Å². The summed E-state index contributed by atoms with van der Waals surface area (Å²) in [7, 11) is 0. The van der Waals surface area contributed by atoms with E-state index in [4.69, 9.17) is 0 Å². The fourth-order valence-electron chi connectivity index (χ4n) is 13.4. The molecule has 0 amide bonds. The standard InChI is InChI=1S/C65H48/c1-63(2)55-25-13-11-22-51(55)62-52(23-15-27-57(62)63)61-49-21-8-7-20-48(49)60(41-30-32-47-45-19-10-14-26-56(45)65(59(47)36-41)37-42-16-5-6-17-43(42)38-65)50-33-29-39(34-53(50)61)40-28-31-46-44-18-9-12-24-54(44)64(3,4)58(46)35-40/h5-36H,37-38H2,1-4H3. The molecule has 0 saturated heterocycles. The lowest BCUT2D eigenvalue weighted by Crippen LogP contribution is -2.25. The molecule has 65 heavy (non-hydrogen) atoms. The van der Waals surface area contributed by atoms with Gasteiger partial charge in [-0.2, -0.15) is 0 Å². The molecule has 4 aliphatic carbocycles. The molecule has 0 N–H and O–H groups in total. The normalized spacial score (nSPS) is 15.9. The van der Waals surface area contributed by atoms with Gasteiger partial charge in [-0.3, -0.25) is 0 Å². The summed E-state index contributed by atoms with van der Waals surface area (Å²) in [6, 6.07) is 74.8. The average molecular weight is 829 g/mol. The third kappa shape index (κ3) is 4.87. The second kappa shape index (κ2) is 12.9. The largest absolute Gasteiger partial charge is 0.0620 e. The zero-order chi connectivity index (χ0) is 43.4. The van der Waals surface area contributed by atoms with Crippen LogP contribution >= 0.6 is 0 Å². The van der Waals surface area contributed by atoms with Gasteiger partial charge in [0.15, 0.2) is 0 Å². The highest BCUT2D eigenvalue weighted by atomic mass is 14.5. The van der Waals surface area contributed by atoms with Crippen molar-refractivity contribution in [1.82, 2.24) is 0 Å². The number of hydrogen-bond donors (Lipinski definition) is 0. The molecule has 0 heterocycles. The number of rotatable bonds is 3. The quantitative estimate of drug-likeness (QED) is 0.156. The van der Waals surface area contributed by atoms with Crippen molar-refractivity contribution in [1.29, 1.82) is 0 Å². The lowest BCUT2D eigenvalue weighted by Gasteiger charge is -2.27. The minimum absolute atomic E-state index is 0.0800. The molecule has 1 spiro atoms. The lowest BCUT2D eigenvalue weighted by molar-refractivity contribution is 0.564. The summed E-state index contributed by atoms with van der Waals surface area (Å²) in [5.74, 6) is 0. The highest BCUT2D eigenvalue weighted by Gasteiger charge is 2.47. The van der Waals surface area contributed by atoms with Crippen molar-refractivity contribution >= 4 is 21.5 Å². The van der Waals surface area contributed by atoms with Gasteiger partial charge < -0.3 is 0 Å². The summed E-state index contributed by atoms with van der Waals surface area (Å²) in [4.78, 5) is 0. The first-order chi connectivity index (χ1) is 31.7. The van der Waals surface area contributed by atoms with Crippen LogP contribution in [0.5, 0.6) is 0 Å². The van der Waals surface area contributed by atoms with E-state index in [2.05, 4.69) is 222 Å². The van der Waals surface area contributed by atoms with Crippen LogP contribution in [0.25, 0.3) is 88.3 Å². The molecular formula is C65H48. The molecule has 0 fully saturated rings. The minimum atomic E-state index is -0.106. The van der Waals surface area contributed by atoms with Crippen molar-refractivity contribution in [2.45, 2.75) is 56.8 Å². The van der Waals surface area contributed by atoms with Gasteiger partial charge in [0.25, 0.3) is 0 Å². The third-order valence-electron chi connectivity index (χ3n) is 16.5. The Morgan fingerprint density at radius 2 is 0.738 bits per heavy atom. The monoisotopic (exact) mass is 828 g/mol. The molecule has 0 saturated carbocycles. The average Bonchev–Trinajstić information content (AvgIpc) is 4.01. The molecule has 0 atom stereocenters. The topological polar surface area (TPSA) is 0 Å². The first-order valence-corrected chi connectivity index (χ1v) is 23.5. The van der Waals surface area contributed by atoms with E-state index in [-0.39, 0.29) is 16.2 Å². The molecule has 0 aliphatic heterocycles. The zero-order valence-electron chi connectivity index (χ0n) is 37.4. The van der Waals surface area contributed by atoms with E-state index in [1.165, 1.54) is 133 Å². The van der Waals surface area contributed by atoms with Crippen LogP contribution in [0.15, 0.2) is 194 Å². The number of benzene rings is 10. The Bertz CT molecular complexity index is 3700. The Labute approximate surface area is 381 Å². The van der Waals surface area contributed by atoms with Crippen LogP contribution < -0.4 is 0 Å². The number of hydrogen-bond acceptors (Lipinski definition) is 0. The van der Waals surface area contributed by atoms with Crippen molar-refractivity contribution in [3.8, 4) is 66.8 Å². The summed E-state index contributed by atoms with van der Waals surface area (Å²) in [5, 5.41) is 5.17. The highest BCUT2D eigenvalue weighted by molar-refractivity contribution is 6.23. The fraction of sp³-hybridized carbons (Fsp3) is 0.138.